The number of H-pyrrole nitrogens is 2. The number of carbonyl (C=O) groups excluding carboxylic acids is 1. The number of nitrogens with one attached hydrogen (secondary N) is 2. The molecule has 86 valence electrons. The van der Waals surface area contributed by atoms with Crippen molar-refractivity contribution in [1.82, 2.24) is 15.2 Å². The Bertz CT molecular complexity index is 696. The SMILES string of the molecule is CCOC(=O)c1cc2c(ccc3cn[nH]c32)[nH]1. The Hall–Kier alpha value is -2.30. The molecule has 0 saturated heterocycles. The topological polar surface area (TPSA) is 70.8 Å². The highest BCUT2D eigenvalue weighted by Crippen LogP contribution is 2.24. The number of nitrogens with zero attached hydrogens (tertiary/aromatic N) is 1. The number of esters is 1. The van der Waals surface area contributed by atoms with Crippen LogP contribution in [0.15, 0.2) is 24.4 Å². The summed E-state index contributed by atoms with van der Waals surface area (Å²) in [5.41, 5.74) is 2.28. The van der Waals surface area contributed by atoms with Crippen molar-refractivity contribution in [2.24, 2.45) is 0 Å². The number of fused-ring (bicyclic) bond motifs is 3. The van der Waals surface area contributed by atoms with E-state index >= 15 is 0 Å². The van der Waals surface area contributed by atoms with Gasteiger partial charge in [0.2, 0.25) is 0 Å². The molecule has 3 aromatic rings. The monoisotopic (exact) mass is 229 g/mol. The Morgan fingerprint density at radius 2 is 2.35 bits per heavy atom. The van der Waals surface area contributed by atoms with Crippen LogP contribution in [0.3, 0.4) is 0 Å². The van der Waals surface area contributed by atoms with Gasteiger partial charge in [-0.2, -0.15) is 5.10 Å². The van der Waals surface area contributed by atoms with E-state index in [1.165, 1.54) is 0 Å². The highest BCUT2D eigenvalue weighted by atomic mass is 16.5. The minimum absolute atomic E-state index is 0.337. The molecule has 0 fully saturated rings. The number of rotatable bonds is 2. The summed E-state index contributed by atoms with van der Waals surface area (Å²) in [6.45, 7) is 2.15. The van der Waals surface area contributed by atoms with Gasteiger partial charge in [0.25, 0.3) is 0 Å². The molecule has 0 radical (unpaired) electrons. The van der Waals surface area contributed by atoms with Crippen molar-refractivity contribution < 1.29 is 9.53 Å². The summed E-state index contributed by atoms with van der Waals surface area (Å²) < 4.78 is 4.96. The third-order valence-corrected chi connectivity index (χ3v) is 2.71. The molecular formula is C12H11N3O2. The van der Waals surface area contributed by atoms with Crippen LogP contribution in [0.5, 0.6) is 0 Å². The van der Waals surface area contributed by atoms with Crippen molar-refractivity contribution in [1.29, 1.82) is 0 Å². The quantitative estimate of drug-likeness (QED) is 0.662. The maximum Gasteiger partial charge on any atom is 0.354 e. The highest BCUT2D eigenvalue weighted by Gasteiger charge is 2.12. The molecule has 0 bridgehead atoms. The molecule has 0 unspecified atom stereocenters. The van der Waals surface area contributed by atoms with E-state index in [1.807, 2.05) is 12.1 Å². The van der Waals surface area contributed by atoms with Gasteiger partial charge in [0, 0.05) is 16.3 Å². The molecule has 1 aromatic carbocycles. The van der Waals surface area contributed by atoms with Gasteiger partial charge < -0.3 is 9.72 Å². The van der Waals surface area contributed by atoms with Gasteiger partial charge in [0.1, 0.15) is 5.69 Å². The van der Waals surface area contributed by atoms with Gasteiger partial charge >= 0.3 is 5.97 Å². The van der Waals surface area contributed by atoms with Gasteiger partial charge in [-0.25, -0.2) is 4.79 Å². The summed E-state index contributed by atoms with van der Waals surface area (Å²) in [6.07, 6.45) is 1.76. The molecule has 0 saturated carbocycles. The zero-order valence-corrected chi connectivity index (χ0v) is 9.28. The summed E-state index contributed by atoms with van der Waals surface area (Å²) in [7, 11) is 0. The Balaban J connectivity index is 2.20. The second-order valence-electron chi connectivity index (χ2n) is 3.76. The highest BCUT2D eigenvalue weighted by molar-refractivity contribution is 6.07. The van der Waals surface area contributed by atoms with Crippen LogP contribution in [0, 0.1) is 0 Å². The van der Waals surface area contributed by atoms with Crippen molar-refractivity contribution >= 4 is 27.8 Å². The Labute approximate surface area is 96.8 Å². The molecule has 0 atom stereocenters. The van der Waals surface area contributed by atoms with E-state index in [0.29, 0.717) is 12.3 Å². The van der Waals surface area contributed by atoms with Crippen molar-refractivity contribution in [2.75, 3.05) is 6.61 Å². The molecule has 5 nitrogen and oxygen atoms in total. The van der Waals surface area contributed by atoms with Crippen molar-refractivity contribution in [2.45, 2.75) is 6.92 Å². The molecule has 3 rings (SSSR count). The second kappa shape index (κ2) is 3.62. The van der Waals surface area contributed by atoms with Gasteiger partial charge in [-0.1, -0.05) is 0 Å². The average Bonchev–Trinajstić information content (AvgIpc) is 2.94. The third kappa shape index (κ3) is 1.47. The molecule has 0 aliphatic heterocycles. The molecule has 2 N–H and O–H groups in total. The van der Waals surface area contributed by atoms with Crippen molar-refractivity contribution in [3.05, 3.63) is 30.1 Å². The zero-order chi connectivity index (χ0) is 11.8. The number of aromatic nitrogens is 3. The number of aromatic amines is 2. The summed E-state index contributed by atoms with van der Waals surface area (Å²) >= 11 is 0. The Morgan fingerprint density at radius 3 is 3.18 bits per heavy atom. The normalized spacial score (nSPS) is 11.1. The van der Waals surface area contributed by atoms with E-state index in [0.717, 1.165) is 21.8 Å². The van der Waals surface area contributed by atoms with E-state index in [9.17, 15) is 4.79 Å². The Kier molecular flexibility index (Phi) is 2.11. The van der Waals surface area contributed by atoms with E-state index in [2.05, 4.69) is 15.2 Å². The molecule has 5 heteroatoms. The molecule has 0 spiro atoms. The largest absolute Gasteiger partial charge is 0.461 e. The lowest BCUT2D eigenvalue weighted by Crippen LogP contribution is -2.04. The van der Waals surface area contributed by atoms with Gasteiger partial charge in [0.05, 0.1) is 18.3 Å². The summed E-state index contributed by atoms with van der Waals surface area (Å²) in [6, 6.07) is 5.66. The molecule has 17 heavy (non-hydrogen) atoms. The van der Waals surface area contributed by atoms with Crippen LogP contribution in [-0.2, 0) is 4.74 Å². The average molecular weight is 229 g/mol. The number of carbonyl (C=O) groups is 1. The molecule has 2 heterocycles. The fourth-order valence-corrected chi connectivity index (χ4v) is 1.94. The van der Waals surface area contributed by atoms with Gasteiger partial charge in [-0.05, 0) is 25.1 Å². The predicted molar refractivity (Wildman–Crippen MR) is 63.9 cm³/mol. The Morgan fingerprint density at radius 1 is 1.47 bits per heavy atom. The van der Waals surface area contributed by atoms with Gasteiger partial charge in [-0.3, -0.25) is 5.10 Å². The number of benzene rings is 1. The van der Waals surface area contributed by atoms with E-state index < -0.39 is 0 Å². The summed E-state index contributed by atoms with van der Waals surface area (Å²) in [4.78, 5) is 14.6. The minimum atomic E-state index is -0.337. The van der Waals surface area contributed by atoms with Gasteiger partial charge in [0.15, 0.2) is 0 Å². The third-order valence-electron chi connectivity index (χ3n) is 2.71. The maximum absolute atomic E-state index is 11.6. The number of hydrogen-bond acceptors (Lipinski definition) is 3. The first-order valence-electron chi connectivity index (χ1n) is 5.41. The van der Waals surface area contributed by atoms with Crippen molar-refractivity contribution in [3.63, 3.8) is 0 Å². The lowest BCUT2D eigenvalue weighted by atomic mass is 10.2. The lowest BCUT2D eigenvalue weighted by Gasteiger charge is -1.96. The molecule has 0 aliphatic carbocycles. The zero-order valence-electron chi connectivity index (χ0n) is 9.28. The van der Waals surface area contributed by atoms with Crippen LogP contribution >= 0.6 is 0 Å². The fourth-order valence-electron chi connectivity index (χ4n) is 1.94. The number of hydrogen-bond donors (Lipinski definition) is 2. The van der Waals surface area contributed by atoms with Crippen LogP contribution in [0.1, 0.15) is 17.4 Å². The van der Waals surface area contributed by atoms with Crippen LogP contribution < -0.4 is 0 Å². The molecule has 2 aromatic heterocycles. The van der Waals surface area contributed by atoms with Gasteiger partial charge in [-0.15, -0.1) is 0 Å². The fraction of sp³-hybridized carbons (Fsp3) is 0.167. The second-order valence-corrected chi connectivity index (χ2v) is 3.76. The van der Waals surface area contributed by atoms with Crippen LogP contribution in [-0.4, -0.2) is 27.8 Å². The molecule has 0 aliphatic rings. The summed E-state index contributed by atoms with van der Waals surface area (Å²) in [5.74, 6) is -0.337. The van der Waals surface area contributed by atoms with Crippen LogP contribution in [0.2, 0.25) is 0 Å². The predicted octanol–water partition coefficient (Wildman–Crippen LogP) is 2.22. The maximum atomic E-state index is 11.6. The number of ether oxygens (including phenoxy) is 1. The first-order valence-corrected chi connectivity index (χ1v) is 5.41. The van der Waals surface area contributed by atoms with Crippen molar-refractivity contribution in [3.8, 4) is 0 Å². The smallest absolute Gasteiger partial charge is 0.354 e. The standard InChI is InChI=1S/C12H11N3O2/c1-2-17-12(16)10-5-8-9(14-10)4-3-7-6-13-15-11(7)8/h3-6,14H,2H2,1H3,(H,13,15). The molecular weight excluding hydrogens is 218 g/mol. The minimum Gasteiger partial charge on any atom is -0.461 e. The first kappa shape index (κ1) is 9.89. The van der Waals surface area contributed by atoms with E-state index in [4.69, 9.17) is 4.74 Å². The van der Waals surface area contributed by atoms with E-state index in [-0.39, 0.29) is 5.97 Å². The first-order chi connectivity index (χ1) is 8.29. The van der Waals surface area contributed by atoms with Crippen LogP contribution in [0.25, 0.3) is 21.8 Å². The van der Waals surface area contributed by atoms with E-state index in [1.54, 1.807) is 19.2 Å². The summed E-state index contributed by atoms with van der Waals surface area (Å²) in [5, 5.41) is 8.88. The lowest BCUT2D eigenvalue weighted by molar-refractivity contribution is 0.0520. The van der Waals surface area contributed by atoms with Crippen LogP contribution in [0.4, 0.5) is 0 Å². The molecule has 0 amide bonds.